The molecule has 17 heavy (non-hydrogen) atoms. The molecule has 2 bridgehead atoms. The quantitative estimate of drug-likeness (QED) is 0.840. The first kappa shape index (κ1) is 10.6. The SMILES string of the molecule is N#CC1(Nc2ccccc2)CN2CCC1CC2. The molecule has 1 N–H and O–H groups in total. The number of nitrogens with zero attached hydrogens (tertiary/aromatic N) is 2. The third kappa shape index (κ3) is 1.79. The van der Waals surface area contributed by atoms with E-state index in [1.165, 1.54) is 0 Å². The average Bonchev–Trinajstić information content (AvgIpc) is 2.41. The van der Waals surface area contributed by atoms with Gasteiger partial charge in [-0.3, -0.25) is 4.90 Å². The molecule has 3 heteroatoms. The van der Waals surface area contributed by atoms with E-state index in [1.54, 1.807) is 0 Å². The maximum absolute atomic E-state index is 9.59. The monoisotopic (exact) mass is 227 g/mol. The summed E-state index contributed by atoms with van der Waals surface area (Å²) in [6.45, 7) is 3.18. The molecule has 3 aliphatic rings. The number of hydrogen-bond donors (Lipinski definition) is 1. The molecule has 0 aliphatic carbocycles. The maximum Gasteiger partial charge on any atom is 0.141 e. The van der Waals surface area contributed by atoms with E-state index >= 15 is 0 Å². The Labute approximate surface area is 102 Å². The molecule has 3 fully saturated rings. The van der Waals surface area contributed by atoms with E-state index in [-0.39, 0.29) is 5.54 Å². The number of benzene rings is 1. The van der Waals surface area contributed by atoms with Gasteiger partial charge in [-0.2, -0.15) is 5.26 Å². The van der Waals surface area contributed by atoms with Gasteiger partial charge >= 0.3 is 0 Å². The number of rotatable bonds is 2. The molecule has 1 atom stereocenters. The second-order valence-electron chi connectivity index (χ2n) is 5.12. The average molecular weight is 227 g/mol. The molecule has 3 heterocycles. The van der Waals surface area contributed by atoms with Crippen molar-refractivity contribution < 1.29 is 0 Å². The molecule has 1 aromatic rings. The van der Waals surface area contributed by atoms with Crippen molar-refractivity contribution in [1.82, 2.24) is 4.90 Å². The van der Waals surface area contributed by atoms with Crippen LogP contribution in [0.3, 0.4) is 0 Å². The number of nitrogens with one attached hydrogen (secondary N) is 1. The lowest BCUT2D eigenvalue weighted by molar-refractivity contribution is 0.0675. The third-order valence-corrected chi connectivity index (χ3v) is 4.10. The number of hydrogen-bond acceptors (Lipinski definition) is 3. The molecule has 0 aromatic heterocycles. The molecule has 4 rings (SSSR count). The van der Waals surface area contributed by atoms with Gasteiger partial charge in [-0.1, -0.05) is 18.2 Å². The van der Waals surface area contributed by atoms with Crippen LogP contribution >= 0.6 is 0 Å². The van der Waals surface area contributed by atoms with Crippen molar-refractivity contribution in [3.63, 3.8) is 0 Å². The highest BCUT2D eigenvalue weighted by Crippen LogP contribution is 2.37. The summed E-state index contributed by atoms with van der Waals surface area (Å²) in [6.07, 6.45) is 2.29. The fourth-order valence-electron chi connectivity index (χ4n) is 3.14. The Morgan fingerprint density at radius 3 is 2.47 bits per heavy atom. The second kappa shape index (κ2) is 4.05. The lowest BCUT2D eigenvalue weighted by Gasteiger charge is -2.50. The van der Waals surface area contributed by atoms with Crippen molar-refractivity contribution >= 4 is 5.69 Å². The van der Waals surface area contributed by atoms with Crippen LogP contribution in [0, 0.1) is 17.2 Å². The first-order chi connectivity index (χ1) is 8.32. The van der Waals surface area contributed by atoms with Crippen molar-refractivity contribution in [2.45, 2.75) is 18.4 Å². The van der Waals surface area contributed by atoms with Gasteiger partial charge in [0.15, 0.2) is 0 Å². The Hall–Kier alpha value is -1.53. The fraction of sp³-hybridized carbons (Fsp3) is 0.500. The van der Waals surface area contributed by atoms with Gasteiger partial charge in [-0.25, -0.2) is 0 Å². The van der Waals surface area contributed by atoms with Gasteiger partial charge in [0.25, 0.3) is 0 Å². The van der Waals surface area contributed by atoms with Crippen LogP contribution in [-0.2, 0) is 0 Å². The topological polar surface area (TPSA) is 39.1 Å². The molecular weight excluding hydrogens is 210 g/mol. The smallest absolute Gasteiger partial charge is 0.141 e. The summed E-state index contributed by atoms with van der Waals surface area (Å²) < 4.78 is 0. The Kier molecular flexibility index (Phi) is 2.53. The van der Waals surface area contributed by atoms with Gasteiger partial charge in [0.2, 0.25) is 0 Å². The van der Waals surface area contributed by atoms with Gasteiger partial charge in [-0.05, 0) is 44.0 Å². The van der Waals surface area contributed by atoms with Gasteiger partial charge < -0.3 is 5.32 Å². The minimum absolute atomic E-state index is 0.377. The van der Waals surface area contributed by atoms with Gasteiger partial charge in [0, 0.05) is 12.2 Å². The van der Waals surface area contributed by atoms with Crippen LogP contribution in [0.1, 0.15) is 12.8 Å². The maximum atomic E-state index is 9.59. The van der Waals surface area contributed by atoms with E-state index in [0.717, 1.165) is 38.2 Å². The van der Waals surface area contributed by atoms with E-state index in [1.807, 2.05) is 30.3 Å². The molecule has 0 spiro atoms. The Balaban J connectivity index is 1.86. The third-order valence-electron chi connectivity index (χ3n) is 4.10. The molecule has 3 saturated heterocycles. The van der Waals surface area contributed by atoms with Gasteiger partial charge in [0.1, 0.15) is 5.54 Å². The number of piperidine rings is 3. The van der Waals surface area contributed by atoms with E-state index in [0.29, 0.717) is 5.92 Å². The standard InChI is InChI=1S/C14H17N3/c15-10-14(16-13-4-2-1-3-5-13)11-17-8-6-12(14)7-9-17/h1-5,12,16H,6-9,11H2. The summed E-state index contributed by atoms with van der Waals surface area (Å²) in [5.74, 6) is 0.498. The number of para-hydroxylation sites is 1. The predicted octanol–water partition coefficient (Wildman–Crippen LogP) is 2.09. The van der Waals surface area contributed by atoms with Gasteiger partial charge in [-0.15, -0.1) is 0 Å². The molecular formula is C14H17N3. The molecule has 0 amide bonds. The highest BCUT2D eigenvalue weighted by atomic mass is 15.2. The molecule has 0 saturated carbocycles. The van der Waals surface area contributed by atoms with Crippen molar-refractivity contribution in [2.75, 3.05) is 25.0 Å². The van der Waals surface area contributed by atoms with Crippen LogP contribution < -0.4 is 5.32 Å². The number of nitriles is 1. The van der Waals surface area contributed by atoms with E-state index in [2.05, 4.69) is 16.3 Å². The number of anilines is 1. The van der Waals surface area contributed by atoms with Crippen molar-refractivity contribution in [2.24, 2.45) is 5.92 Å². The van der Waals surface area contributed by atoms with E-state index in [9.17, 15) is 5.26 Å². The number of fused-ring (bicyclic) bond motifs is 3. The minimum atomic E-state index is -0.377. The first-order valence-electron chi connectivity index (χ1n) is 6.29. The zero-order valence-corrected chi connectivity index (χ0v) is 9.89. The molecule has 3 aliphatic heterocycles. The molecule has 88 valence electrons. The highest BCUT2D eigenvalue weighted by molar-refractivity contribution is 5.48. The largest absolute Gasteiger partial charge is 0.366 e. The summed E-state index contributed by atoms with van der Waals surface area (Å²) in [7, 11) is 0. The molecule has 1 aromatic carbocycles. The van der Waals surface area contributed by atoms with Gasteiger partial charge in [0.05, 0.1) is 6.07 Å². The molecule has 0 radical (unpaired) electrons. The lowest BCUT2D eigenvalue weighted by atomic mass is 9.73. The van der Waals surface area contributed by atoms with E-state index < -0.39 is 0 Å². The zero-order chi connectivity index (χ0) is 11.7. The predicted molar refractivity (Wildman–Crippen MR) is 67.6 cm³/mol. The van der Waals surface area contributed by atoms with Crippen LogP contribution in [0.5, 0.6) is 0 Å². The molecule has 3 nitrogen and oxygen atoms in total. The first-order valence-corrected chi connectivity index (χ1v) is 6.29. The minimum Gasteiger partial charge on any atom is -0.366 e. The Morgan fingerprint density at radius 2 is 1.94 bits per heavy atom. The summed E-state index contributed by atoms with van der Waals surface area (Å²) >= 11 is 0. The van der Waals surface area contributed by atoms with Crippen LogP contribution in [0.4, 0.5) is 5.69 Å². The highest BCUT2D eigenvalue weighted by Gasteiger charge is 2.47. The summed E-state index contributed by atoms with van der Waals surface area (Å²) in [6, 6.07) is 12.6. The summed E-state index contributed by atoms with van der Waals surface area (Å²) in [4.78, 5) is 2.40. The Bertz CT molecular complexity index is 429. The van der Waals surface area contributed by atoms with Crippen LogP contribution in [0.15, 0.2) is 30.3 Å². The summed E-state index contributed by atoms with van der Waals surface area (Å²) in [5, 5.41) is 13.1. The van der Waals surface area contributed by atoms with Crippen LogP contribution in [0.2, 0.25) is 0 Å². The lowest BCUT2D eigenvalue weighted by Crippen LogP contribution is -2.62. The fourth-order valence-corrected chi connectivity index (χ4v) is 3.14. The summed E-state index contributed by atoms with van der Waals surface area (Å²) in [5.41, 5.74) is 0.681. The zero-order valence-electron chi connectivity index (χ0n) is 9.89. The Morgan fingerprint density at radius 1 is 1.24 bits per heavy atom. The van der Waals surface area contributed by atoms with Crippen LogP contribution in [0.25, 0.3) is 0 Å². The molecule has 1 unspecified atom stereocenters. The normalized spacial score (nSPS) is 35.2. The van der Waals surface area contributed by atoms with E-state index in [4.69, 9.17) is 0 Å². The van der Waals surface area contributed by atoms with Crippen molar-refractivity contribution in [3.8, 4) is 6.07 Å². The van der Waals surface area contributed by atoms with Crippen molar-refractivity contribution in [3.05, 3.63) is 30.3 Å². The van der Waals surface area contributed by atoms with Crippen molar-refractivity contribution in [1.29, 1.82) is 5.26 Å². The van der Waals surface area contributed by atoms with Crippen LogP contribution in [-0.4, -0.2) is 30.1 Å². The second-order valence-corrected chi connectivity index (χ2v) is 5.12.